The maximum atomic E-state index is 13.7. The molecule has 41 heavy (non-hydrogen) atoms. The van der Waals surface area contributed by atoms with Gasteiger partial charge in [-0.15, -0.1) is 0 Å². The average Bonchev–Trinajstić information content (AvgIpc) is 3.23. The molecule has 0 spiro atoms. The molecule has 1 fully saturated rings. The quantitative estimate of drug-likeness (QED) is 0.176. The molecule has 1 saturated heterocycles. The molecule has 0 saturated carbocycles. The topological polar surface area (TPSA) is 79.3 Å². The summed E-state index contributed by atoms with van der Waals surface area (Å²) in [4.78, 5) is 30.9. The van der Waals surface area contributed by atoms with E-state index in [1.165, 1.54) is 4.90 Å². The van der Waals surface area contributed by atoms with Crippen molar-refractivity contribution in [1.29, 1.82) is 0 Å². The van der Waals surface area contributed by atoms with Crippen LogP contribution in [0.15, 0.2) is 72.3 Å². The van der Waals surface area contributed by atoms with E-state index in [0.29, 0.717) is 23.6 Å². The lowest BCUT2D eigenvalue weighted by Gasteiger charge is -2.27. The number of amides is 1. The number of carbonyl (C=O) groups is 2. The van der Waals surface area contributed by atoms with Gasteiger partial charge in [-0.05, 0) is 86.3 Å². The maximum absolute atomic E-state index is 13.7. The fourth-order valence-electron chi connectivity index (χ4n) is 5.31. The monoisotopic (exact) mass is 556 g/mol. The molecule has 1 heterocycles. The highest BCUT2D eigenvalue weighted by atomic mass is 16.5. The van der Waals surface area contributed by atoms with Gasteiger partial charge in [0.2, 0.25) is 0 Å². The van der Waals surface area contributed by atoms with E-state index in [4.69, 9.17) is 9.47 Å². The van der Waals surface area contributed by atoms with Crippen molar-refractivity contribution < 1.29 is 24.2 Å². The number of nitrogens with zero attached hydrogens (tertiary/aromatic N) is 2. The van der Waals surface area contributed by atoms with Crippen molar-refractivity contribution >= 4 is 28.8 Å². The van der Waals surface area contributed by atoms with Crippen LogP contribution in [-0.2, 0) is 15.0 Å². The predicted octanol–water partition coefficient (Wildman–Crippen LogP) is 6.86. The number of rotatable bonds is 9. The van der Waals surface area contributed by atoms with Gasteiger partial charge in [0.15, 0.2) is 0 Å². The molecule has 7 nitrogen and oxygen atoms in total. The van der Waals surface area contributed by atoms with Gasteiger partial charge in [0.05, 0.1) is 25.3 Å². The molecule has 4 rings (SSSR count). The Kier molecular flexibility index (Phi) is 8.76. The van der Waals surface area contributed by atoms with Crippen LogP contribution in [0.5, 0.6) is 11.5 Å². The van der Waals surface area contributed by atoms with Gasteiger partial charge in [-0.1, -0.05) is 32.9 Å². The third kappa shape index (κ3) is 5.80. The van der Waals surface area contributed by atoms with Crippen LogP contribution < -0.4 is 19.3 Å². The Hall–Kier alpha value is -4.26. The molecule has 0 aliphatic carbocycles. The number of hydrogen-bond donors (Lipinski definition) is 1. The highest BCUT2D eigenvalue weighted by Crippen LogP contribution is 2.43. The Morgan fingerprint density at radius 2 is 1.56 bits per heavy atom. The minimum atomic E-state index is -0.821. The van der Waals surface area contributed by atoms with Crippen LogP contribution in [0.1, 0.15) is 64.3 Å². The summed E-state index contributed by atoms with van der Waals surface area (Å²) in [6, 6.07) is 19.4. The van der Waals surface area contributed by atoms with Crippen LogP contribution in [0, 0.1) is 0 Å². The summed E-state index contributed by atoms with van der Waals surface area (Å²) in [5.74, 6) is -0.294. The van der Waals surface area contributed by atoms with Crippen LogP contribution in [0.4, 0.5) is 11.4 Å². The minimum absolute atomic E-state index is 0.0467. The van der Waals surface area contributed by atoms with Crippen LogP contribution in [0.3, 0.4) is 0 Å². The maximum Gasteiger partial charge on any atom is 0.300 e. The second kappa shape index (κ2) is 12.1. The summed E-state index contributed by atoms with van der Waals surface area (Å²) >= 11 is 0. The van der Waals surface area contributed by atoms with Crippen LogP contribution in [0.25, 0.3) is 5.76 Å². The molecule has 3 aromatic rings. The Morgan fingerprint density at radius 3 is 2.10 bits per heavy atom. The largest absolute Gasteiger partial charge is 0.507 e. The number of aliphatic hydroxyl groups excluding tert-OH is 1. The number of Topliss-reactive ketones (excluding diaryl/α,β-unsaturated/α-hetero) is 1. The van der Waals surface area contributed by atoms with Crippen LogP contribution in [0.2, 0.25) is 0 Å². The van der Waals surface area contributed by atoms with Crippen LogP contribution >= 0.6 is 0 Å². The Morgan fingerprint density at radius 1 is 0.927 bits per heavy atom. The molecule has 3 aromatic carbocycles. The molecular weight excluding hydrogens is 516 g/mol. The van der Waals surface area contributed by atoms with Gasteiger partial charge >= 0.3 is 0 Å². The van der Waals surface area contributed by atoms with Crippen molar-refractivity contribution in [3.63, 3.8) is 0 Å². The number of aliphatic hydroxyl groups is 1. The lowest BCUT2D eigenvalue weighted by Crippen LogP contribution is -2.29. The van der Waals surface area contributed by atoms with E-state index in [1.807, 2.05) is 43.3 Å². The first-order valence-corrected chi connectivity index (χ1v) is 14.1. The van der Waals surface area contributed by atoms with E-state index in [9.17, 15) is 14.7 Å². The highest BCUT2D eigenvalue weighted by molar-refractivity contribution is 6.51. The standard InChI is InChI=1S/C34H40N2O5/c1-8-35(9-2)24-14-11-22(12-15-24)30-29(32(38)33(39)36(30)25-16-18-26(40-7)19-17-25)31(37)23-13-20-28(41-10-3)27(21-23)34(4,5)6/h11-21,30,37H,8-10H2,1-7H3/b31-29-. The van der Waals surface area contributed by atoms with E-state index >= 15 is 0 Å². The zero-order valence-electron chi connectivity index (χ0n) is 25.0. The lowest BCUT2D eigenvalue weighted by atomic mass is 9.84. The molecule has 1 N–H and O–H groups in total. The third-order valence-electron chi connectivity index (χ3n) is 7.49. The van der Waals surface area contributed by atoms with E-state index < -0.39 is 17.7 Å². The number of anilines is 2. The summed E-state index contributed by atoms with van der Waals surface area (Å²) < 4.78 is 11.2. The van der Waals surface area contributed by atoms with Crippen molar-refractivity contribution in [2.75, 3.05) is 36.6 Å². The third-order valence-corrected chi connectivity index (χ3v) is 7.49. The second-order valence-corrected chi connectivity index (χ2v) is 11.0. The zero-order valence-corrected chi connectivity index (χ0v) is 25.0. The SMILES string of the molecule is CCOc1ccc(/C(O)=C2/C(=O)C(=O)N(c3ccc(OC)cc3)C2c2ccc(N(CC)CC)cc2)cc1C(C)(C)C. The van der Waals surface area contributed by atoms with Gasteiger partial charge < -0.3 is 19.5 Å². The first kappa shape index (κ1) is 29.7. The number of ether oxygens (including phenoxy) is 2. The molecule has 1 amide bonds. The fourth-order valence-corrected chi connectivity index (χ4v) is 5.31. The summed E-state index contributed by atoms with van der Waals surface area (Å²) in [5.41, 5.74) is 3.41. The Labute approximate surface area is 243 Å². The second-order valence-electron chi connectivity index (χ2n) is 11.0. The smallest absolute Gasteiger partial charge is 0.300 e. The molecule has 0 aromatic heterocycles. The summed E-state index contributed by atoms with van der Waals surface area (Å²) in [6.45, 7) is 14.5. The number of benzene rings is 3. The fraction of sp³-hybridized carbons (Fsp3) is 0.353. The van der Waals surface area contributed by atoms with Crippen molar-refractivity contribution in [1.82, 2.24) is 0 Å². The number of ketones is 1. The molecule has 0 bridgehead atoms. The van der Waals surface area contributed by atoms with Gasteiger partial charge in [0, 0.05) is 35.6 Å². The lowest BCUT2D eigenvalue weighted by molar-refractivity contribution is -0.132. The Bertz CT molecular complexity index is 1430. The van der Waals surface area contributed by atoms with Crippen molar-refractivity contribution in [2.45, 2.75) is 53.0 Å². The molecule has 216 valence electrons. The van der Waals surface area contributed by atoms with E-state index in [-0.39, 0.29) is 16.7 Å². The summed E-state index contributed by atoms with van der Waals surface area (Å²) in [6.07, 6.45) is 0. The molecular formula is C34H40N2O5. The van der Waals surface area contributed by atoms with Crippen molar-refractivity contribution in [2.24, 2.45) is 0 Å². The molecule has 1 aliphatic heterocycles. The first-order valence-electron chi connectivity index (χ1n) is 14.1. The number of hydrogen-bond acceptors (Lipinski definition) is 6. The molecule has 1 unspecified atom stereocenters. The predicted molar refractivity (Wildman–Crippen MR) is 164 cm³/mol. The number of carbonyl (C=O) groups excluding carboxylic acids is 2. The Balaban J connectivity index is 1.92. The molecule has 1 aliphatic rings. The minimum Gasteiger partial charge on any atom is -0.507 e. The zero-order chi connectivity index (χ0) is 29.9. The number of methoxy groups -OCH3 is 1. The normalized spacial score (nSPS) is 16.7. The molecule has 0 radical (unpaired) electrons. The van der Waals surface area contributed by atoms with E-state index in [0.717, 1.165) is 35.7 Å². The van der Waals surface area contributed by atoms with E-state index in [2.05, 4.69) is 39.5 Å². The van der Waals surface area contributed by atoms with Gasteiger partial charge in [0.25, 0.3) is 11.7 Å². The molecule has 1 atom stereocenters. The summed E-state index contributed by atoms with van der Waals surface area (Å²) in [5, 5.41) is 11.7. The average molecular weight is 557 g/mol. The highest BCUT2D eigenvalue weighted by Gasteiger charge is 2.47. The van der Waals surface area contributed by atoms with Gasteiger partial charge in [-0.25, -0.2) is 0 Å². The van der Waals surface area contributed by atoms with Crippen LogP contribution in [-0.4, -0.2) is 43.6 Å². The first-order chi connectivity index (χ1) is 19.5. The molecule has 7 heteroatoms. The van der Waals surface area contributed by atoms with Gasteiger partial charge in [-0.2, -0.15) is 0 Å². The van der Waals surface area contributed by atoms with E-state index in [1.54, 1.807) is 37.4 Å². The summed E-state index contributed by atoms with van der Waals surface area (Å²) in [7, 11) is 1.57. The van der Waals surface area contributed by atoms with Crippen molar-refractivity contribution in [3.05, 3.63) is 89.0 Å². The van der Waals surface area contributed by atoms with Gasteiger partial charge in [-0.3, -0.25) is 14.5 Å². The van der Waals surface area contributed by atoms with Crippen molar-refractivity contribution in [3.8, 4) is 11.5 Å². The van der Waals surface area contributed by atoms with Gasteiger partial charge in [0.1, 0.15) is 17.3 Å².